The number of alkyl halides is 2. The van der Waals surface area contributed by atoms with Crippen LogP contribution in [-0.2, 0) is 4.74 Å². The second kappa shape index (κ2) is 7.70. The fourth-order valence-corrected chi connectivity index (χ4v) is 2.16. The SMILES string of the molecule is C/C=C(\C=C(/CC)OC1C=CC(F)CC1)CBr. The van der Waals surface area contributed by atoms with Gasteiger partial charge in [-0.25, -0.2) is 4.39 Å². The lowest BCUT2D eigenvalue weighted by atomic mass is 10.0. The molecule has 0 aromatic carbocycles. The third-order valence-corrected chi connectivity index (χ3v) is 3.43. The molecule has 0 bridgehead atoms. The Morgan fingerprint density at radius 3 is 2.71 bits per heavy atom. The third-order valence-electron chi connectivity index (χ3n) is 2.78. The van der Waals surface area contributed by atoms with Crippen LogP contribution in [0.4, 0.5) is 4.39 Å². The fourth-order valence-electron chi connectivity index (χ4n) is 1.68. The molecule has 0 aromatic heterocycles. The zero-order valence-corrected chi connectivity index (χ0v) is 12.0. The summed E-state index contributed by atoms with van der Waals surface area (Å²) in [4.78, 5) is 0. The molecular formula is C14H20BrFO. The molecule has 0 radical (unpaired) electrons. The second-order valence-corrected chi connectivity index (χ2v) is 4.66. The van der Waals surface area contributed by atoms with E-state index in [0.29, 0.717) is 6.42 Å². The van der Waals surface area contributed by atoms with E-state index in [-0.39, 0.29) is 6.10 Å². The maximum Gasteiger partial charge on any atom is 0.119 e. The summed E-state index contributed by atoms with van der Waals surface area (Å²) >= 11 is 3.43. The molecule has 0 spiro atoms. The minimum Gasteiger partial charge on any atom is -0.491 e. The number of allylic oxidation sites excluding steroid dienone is 5. The predicted molar refractivity (Wildman–Crippen MR) is 74.1 cm³/mol. The van der Waals surface area contributed by atoms with E-state index in [1.165, 1.54) is 5.57 Å². The average Bonchev–Trinajstić information content (AvgIpc) is 2.37. The number of hydrogen-bond donors (Lipinski definition) is 0. The molecule has 0 saturated carbocycles. The van der Waals surface area contributed by atoms with E-state index in [9.17, 15) is 4.39 Å². The van der Waals surface area contributed by atoms with Crippen molar-refractivity contribution in [3.63, 3.8) is 0 Å². The van der Waals surface area contributed by atoms with Crippen molar-refractivity contribution in [1.82, 2.24) is 0 Å². The normalized spacial score (nSPS) is 26.1. The molecule has 2 atom stereocenters. The molecule has 2 unspecified atom stereocenters. The van der Waals surface area contributed by atoms with Gasteiger partial charge in [0, 0.05) is 11.8 Å². The molecule has 96 valence electrons. The minimum absolute atomic E-state index is 0.0293. The van der Waals surface area contributed by atoms with Gasteiger partial charge in [-0.05, 0) is 37.5 Å². The summed E-state index contributed by atoms with van der Waals surface area (Å²) in [7, 11) is 0. The number of hydrogen-bond acceptors (Lipinski definition) is 1. The molecule has 0 aromatic rings. The Morgan fingerprint density at radius 1 is 1.47 bits per heavy atom. The topological polar surface area (TPSA) is 9.23 Å². The van der Waals surface area contributed by atoms with Crippen LogP contribution in [0.15, 0.2) is 35.6 Å². The lowest BCUT2D eigenvalue weighted by Gasteiger charge is -2.21. The van der Waals surface area contributed by atoms with Gasteiger partial charge in [0.05, 0.1) is 5.76 Å². The molecule has 0 aliphatic heterocycles. The summed E-state index contributed by atoms with van der Waals surface area (Å²) < 4.78 is 18.8. The van der Waals surface area contributed by atoms with Crippen molar-refractivity contribution in [3.05, 3.63) is 35.6 Å². The van der Waals surface area contributed by atoms with Crippen LogP contribution in [-0.4, -0.2) is 17.6 Å². The van der Waals surface area contributed by atoms with Crippen LogP contribution in [0, 0.1) is 0 Å². The van der Waals surface area contributed by atoms with Crippen molar-refractivity contribution >= 4 is 15.9 Å². The minimum atomic E-state index is -0.794. The van der Waals surface area contributed by atoms with Gasteiger partial charge in [-0.15, -0.1) is 0 Å². The Kier molecular flexibility index (Phi) is 6.56. The molecule has 0 amide bonds. The van der Waals surface area contributed by atoms with Crippen LogP contribution in [0.5, 0.6) is 0 Å². The Hall–Kier alpha value is -0.570. The van der Waals surface area contributed by atoms with E-state index >= 15 is 0 Å². The summed E-state index contributed by atoms with van der Waals surface area (Å²) in [5.74, 6) is 0.963. The van der Waals surface area contributed by atoms with Gasteiger partial charge in [0.1, 0.15) is 12.3 Å². The molecule has 0 fully saturated rings. The van der Waals surface area contributed by atoms with Gasteiger partial charge >= 0.3 is 0 Å². The zero-order valence-electron chi connectivity index (χ0n) is 10.5. The molecule has 3 heteroatoms. The first kappa shape index (κ1) is 14.5. The Labute approximate surface area is 112 Å². The molecule has 1 aliphatic rings. The highest BCUT2D eigenvalue weighted by molar-refractivity contribution is 9.09. The van der Waals surface area contributed by atoms with Crippen LogP contribution in [0.1, 0.15) is 33.1 Å². The van der Waals surface area contributed by atoms with Gasteiger partial charge in [-0.3, -0.25) is 0 Å². The van der Waals surface area contributed by atoms with Crippen LogP contribution in [0.2, 0.25) is 0 Å². The Morgan fingerprint density at radius 2 is 2.24 bits per heavy atom. The van der Waals surface area contributed by atoms with Crippen molar-refractivity contribution in [1.29, 1.82) is 0 Å². The lowest BCUT2D eigenvalue weighted by Crippen LogP contribution is -2.16. The third kappa shape index (κ3) is 5.07. The smallest absolute Gasteiger partial charge is 0.119 e. The van der Waals surface area contributed by atoms with Gasteiger partial charge in [-0.2, -0.15) is 0 Å². The first-order valence-electron chi connectivity index (χ1n) is 6.10. The Balaban J connectivity index is 2.61. The number of rotatable bonds is 5. The van der Waals surface area contributed by atoms with Crippen LogP contribution in [0.3, 0.4) is 0 Å². The lowest BCUT2D eigenvalue weighted by molar-refractivity contribution is 0.125. The Bertz CT molecular complexity index is 320. The summed E-state index contributed by atoms with van der Waals surface area (Å²) in [6.07, 6.45) is 8.96. The molecule has 1 aliphatic carbocycles. The van der Waals surface area contributed by atoms with E-state index in [1.54, 1.807) is 6.08 Å². The fraction of sp³-hybridized carbons (Fsp3) is 0.571. The van der Waals surface area contributed by atoms with E-state index in [4.69, 9.17) is 4.74 Å². The highest BCUT2D eigenvalue weighted by atomic mass is 79.9. The molecular weight excluding hydrogens is 283 g/mol. The molecule has 1 rings (SSSR count). The molecule has 0 saturated heterocycles. The first-order chi connectivity index (χ1) is 8.19. The van der Waals surface area contributed by atoms with Crippen molar-refractivity contribution in [3.8, 4) is 0 Å². The van der Waals surface area contributed by atoms with Crippen LogP contribution in [0.25, 0.3) is 0 Å². The molecule has 0 N–H and O–H groups in total. The van der Waals surface area contributed by atoms with Gasteiger partial charge in [-0.1, -0.05) is 35.0 Å². The highest BCUT2D eigenvalue weighted by Gasteiger charge is 2.16. The molecule has 1 nitrogen and oxygen atoms in total. The van der Waals surface area contributed by atoms with Gasteiger partial charge < -0.3 is 4.74 Å². The number of halogens is 2. The van der Waals surface area contributed by atoms with Gasteiger partial charge in [0.25, 0.3) is 0 Å². The van der Waals surface area contributed by atoms with E-state index in [2.05, 4.69) is 35.0 Å². The zero-order chi connectivity index (χ0) is 12.7. The first-order valence-corrected chi connectivity index (χ1v) is 7.22. The van der Waals surface area contributed by atoms with E-state index in [1.807, 2.05) is 13.0 Å². The summed E-state index contributed by atoms with van der Waals surface area (Å²) in [6, 6.07) is 0. The largest absolute Gasteiger partial charge is 0.491 e. The number of ether oxygens (including phenoxy) is 1. The van der Waals surface area contributed by atoms with Crippen molar-refractivity contribution in [2.45, 2.75) is 45.4 Å². The molecule has 0 heterocycles. The average molecular weight is 303 g/mol. The summed E-state index contributed by atoms with van der Waals surface area (Å²) in [5.41, 5.74) is 1.20. The van der Waals surface area contributed by atoms with Gasteiger partial charge in [0.15, 0.2) is 0 Å². The van der Waals surface area contributed by atoms with Crippen molar-refractivity contribution < 1.29 is 9.13 Å². The standard InChI is InChI=1S/C14H20BrFO/c1-3-11(10-15)9-13(4-2)17-14-7-5-12(16)6-8-14/h3,5,7,9,12,14H,4,6,8,10H2,1-2H3/b11-3+,13-9+. The molecule has 17 heavy (non-hydrogen) atoms. The van der Waals surface area contributed by atoms with Crippen molar-refractivity contribution in [2.75, 3.05) is 5.33 Å². The predicted octanol–water partition coefficient (Wildman–Crippen LogP) is 4.69. The van der Waals surface area contributed by atoms with E-state index < -0.39 is 6.17 Å². The maximum atomic E-state index is 12.9. The monoisotopic (exact) mass is 302 g/mol. The summed E-state index contributed by atoms with van der Waals surface area (Å²) in [6.45, 7) is 4.08. The summed E-state index contributed by atoms with van der Waals surface area (Å²) in [5, 5.41) is 0.823. The van der Waals surface area contributed by atoms with Crippen molar-refractivity contribution in [2.24, 2.45) is 0 Å². The van der Waals surface area contributed by atoms with E-state index in [0.717, 1.165) is 23.9 Å². The maximum absolute atomic E-state index is 12.9. The quantitative estimate of drug-likeness (QED) is 0.310. The van der Waals surface area contributed by atoms with Crippen LogP contribution < -0.4 is 0 Å². The highest BCUT2D eigenvalue weighted by Crippen LogP contribution is 2.21. The van der Waals surface area contributed by atoms with Crippen LogP contribution >= 0.6 is 15.9 Å². The van der Waals surface area contributed by atoms with Gasteiger partial charge in [0.2, 0.25) is 0 Å². The second-order valence-electron chi connectivity index (χ2n) is 4.10.